The highest BCUT2D eigenvalue weighted by Crippen LogP contribution is 2.32. The predicted molar refractivity (Wildman–Crippen MR) is 74.3 cm³/mol. The van der Waals surface area contributed by atoms with Gasteiger partial charge in [0.1, 0.15) is 0 Å². The highest BCUT2D eigenvalue weighted by molar-refractivity contribution is 7.89. The Hall–Kier alpha value is -0.910. The third kappa shape index (κ3) is 3.16. The van der Waals surface area contributed by atoms with E-state index < -0.39 is 16.1 Å². The molecule has 0 aromatic heterocycles. The molecule has 1 aromatic carbocycles. The molecule has 1 fully saturated rings. The van der Waals surface area contributed by atoms with Crippen LogP contribution in [0.4, 0.5) is 0 Å². The van der Waals surface area contributed by atoms with Crippen LogP contribution in [0.15, 0.2) is 29.2 Å². The first-order chi connectivity index (χ1) is 8.96. The van der Waals surface area contributed by atoms with E-state index in [0.717, 1.165) is 24.8 Å². The van der Waals surface area contributed by atoms with Crippen molar-refractivity contribution in [2.24, 2.45) is 0 Å². The van der Waals surface area contributed by atoms with Gasteiger partial charge in [0.2, 0.25) is 10.0 Å². The van der Waals surface area contributed by atoms with Gasteiger partial charge in [0.25, 0.3) is 0 Å². The third-order valence-corrected chi connectivity index (χ3v) is 5.33. The van der Waals surface area contributed by atoms with E-state index >= 15 is 0 Å². The Labute approximate surface area is 115 Å². The predicted octanol–water partition coefficient (Wildman–Crippen LogP) is 2.30. The highest BCUT2D eigenvalue weighted by atomic mass is 32.2. The van der Waals surface area contributed by atoms with Gasteiger partial charge in [0.15, 0.2) is 0 Å². The molecule has 1 N–H and O–H groups in total. The molecule has 1 atom stereocenters. The SMILES string of the molecule is CCCN(C1CC1)S(=O)(=O)c1ccc(C(C)O)cc1. The van der Waals surface area contributed by atoms with Crippen LogP contribution in [0.1, 0.15) is 44.8 Å². The van der Waals surface area contributed by atoms with Gasteiger partial charge in [0.05, 0.1) is 11.0 Å². The van der Waals surface area contributed by atoms with Crippen LogP contribution in [-0.4, -0.2) is 30.4 Å². The Kier molecular flexibility index (Phi) is 4.28. The lowest BCUT2D eigenvalue weighted by Gasteiger charge is -2.21. The highest BCUT2D eigenvalue weighted by Gasteiger charge is 2.37. The van der Waals surface area contributed by atoms with Gasteiger partial charge in [-0.2, -0.15) is 4.31 Å². The minimum absolute atomic E-state index is 0.182. The summed E-state index contributed by atoms with van der Waals surface area (Å²) in [6, 6.07) is 6.70. The molecule has 1 aliphatic rings. The number of aliphatic hydroxyl groups excluding tert-OH is 1. The summed E-state index contributed by atoms with van der Waals surface area (Å²) in [5.74, 6) is 0. The summed E-state index contributed by atoms with van der Waals surface area (Å²) < 4.78 is 26.7. The zero-order valence-electron chi connectivity index (χ0n) is 11.4. The van der Waals surface area contributed by atoms with E-state index in [4.69, 9.17) is 0 Å². The maximum absolute atomic E-state index is 12.5. The first-order valence-corrected chi connectivity index (χ1v) is 8.20. The number of hydrogen-bond acceptors (Lipinski definition) is 3. The first kappa shape index (κ1) is 14.5. The van der Waals surface area contributed by atoms with Crippen LogP contribution in [0.5, 0.6) is 0 Å². The number of benzene rings is 1. The van der Waals surface area contributed by atoms with Crippen LogP contribution in [-0.2, 0) is 10.0 Å². The van der Waals surface area contributed by atoms with Gasteiger partial charge in [-0.25, -0.2) is 8.42 Å². The van der Waals surface area contributed by atoms with E-state index in [2.05, 4.69) is 0 Å². The van der Waals surface area contributed by atoms with Gasteiger partial charge >= 0.3 is 0 Å². The number of hydrogen-bond donors (Lipinski definition) is 1. The number of aliphatic hydroxyl groups is 1. The molecular formula is C14H21NO3S. The van der Waals surface area contributed by atoms with Crippen LogP contribution in [0.25, 0.3) is 0 Å². The van der Waals surface area contributed by atoms with Crippen LogP contribution in [0.2, 0.25) is 0 Å². The van der Waals surface area contributed by atoms with Gasteiger partial charge in [-0.15, -0.1) is 0 Å². The van der Waals surface area contributed by atoms with Crippen molar-refractivity contribution >= 4 is 10.0 Å². The Balaban J connectivity index is 2.27. The molecule has 5 heteroatoms. The fourth-order valence-electron chi connectivity index (χ4n) is 2.14. The summed E-state index contributed by atoms with van der Waals surface area (Å²) in [4.78, 5) is 0.317. The summed E-state index contributed by atoms with van der Waals surface area (Å²) in [6.45, 7) is 4.23. The lowest BCUT2D eigenvalue weighted by Crippen LogP contribution is -2.33. The fourth-order valence-corrected chi connectivity index (χ4v) is 3.91. The second-order valence-electron chi connectivity index (χ2n) is 5.09. The van der Waals surface area contributed by atoms with Gasteiger partial charge in [-0.1, -0.05) is 19.1 Å². The standard InChI is InChI=1S/C14H21NO3S/c1-3-10-15(13-6-7-13)19(17,18)14-8-4-12(5-9-14)11(2)16/h4-5,8-9,11,13,16H,3,6-7,10H2,1-2H3. The number of sulfonamides is 1. The van der Waals surface area contributed by atoms with E-state index in [1.165, 1.54) is 0 Å². The maximum Gasteiger partial charge on any atom is 0.243 e. The van der Waals surface area contributed by atoms with E-state index in [1.54, 1.807) is 35.5 Å². The first-order valence-electron chi connectivity index (χ1n) is 6.76. The van der Waals surface area contributed by atoms with Crippen LogP contribution in [0.3, 0.4) is 0 Å². The molecular weight excluding hydrogens is 262 g/mol. The van der Waals surface area contributed by atoms with E-state index in [1.807, 2.05) is 6.92 Å². The molecule has 19 heavy (non-hydrogen) atoms. The maximum atomic E-state index is 12.5. The Bertz CT molecular complexity index is 518. The van der Waals surface area contributed by atoms with Crippen molar-refractivity contribution in [2.75, 3.05) is 6.54 Å². The van der Waals surface area contributed by atoms with Gasteiger partial charge in [-0.3, -0.25) is 0 Å². The van der Waals surface area contributed by atoms with Crippen molar-refractivity contribution in [1.82, 2.24) is 4.31 Å². The van der Waals surface area contributed by atoms with E-state index in [-0.39, 0.29) is 6.04 Å². The number of rotatable bonds is 6. The summed E-state index contributed by atoms with van der Waals surface area (Å²) in [5, 5.41) is 9.45. The van der Waals surface area contributed by atoms with Crippen molar-refractivity contribution in [3.63, 3.8) is 0 Å². The topological polar surface area (TPSA) is 57.6 Å². The van der Waals surface area contributed by atoms with Crippen molar-refractivity contribution in [3.05, 3.63) is 29.8 Å². The average molecular weight is 283 g/mol. The molecule has 1 unspecified atom stereocenters. The van der Waals surface area contributed by atoms with Crippen LogP contribution >= 0.6 is 0 Å². The Morgan fingerprint density at radius 2 is 1.89 bits per heavy atom. The molecule has 0 radical (unpaired) electrons. The van der Waals surface area contributed by atoms with Gasteiger partial charge < -0.3 is 5.11 Å². The second-order valence-corrected chi connectivity index (χ2v) is 6.98. The Morgan fingerprint density at radius 3 is 2.32 bits per heavy atom. The second kappa shape index (κ2) is 5.61. The normalized spacial score (nSPS) is 17.7. The quantitative estimate of drug-likeness (QED) is 0.871. The van der Waals surface area contributed by atoms with Gasteiger partial charge in [-0.05, 0) is 43.9 Å². The smallest absolute Gasteiger partial charge is 0.243 e. The fraction of sp³-hybridized carbons (Fsp3) is 0.571. The van der Waals surface area contributed by atoms with E-state index in [9.17, 15) is 13.5 Å². The summed E-state index contributed by atoms with van der Waals surface area (Å²) in [7, 11) is -3.39. The average Bonchev–Trinajstić information content (AvgIpc) is 3.20. The lowest BCUT2D eigenvalue weighted by molar-refractivity contribution is 0.199. The molecule has 106 valence electrons. The molecule has 0 spiro atoms. The summed E-state index contributed by atoms with van der Waals surface area (Å²) >= 11 is 0. The van der Waals surface area contributed by atoms with E-state index in [0.29, 0.717) is 11.4 Å². The van der Waals surface area contributed by atoms with Crippen molar-refractivity contribution in [1.29, 1.82) is 0 Å². The van der Waals surface area contributed by atoms with Crippen LogP contribution in [0, 0.1) is 0 Å². The summed E-state index contributed by atoms with van der Waals surface area (Å²) in [6.07, 6.45) is 2.17. The van der Waals surface area contributed by atoms with Crippen molar-refractivity contribution in [3.8, 4) is 0 Å². The molecule has 1 saturated carbocycles. The Morgan fingerprint density at radius 1 is 1.32 bits per heavy atom. The molecule has 0 saturated heterocycles. The zero-order valence-corrected chi connectivity index (χ0v) is 12.2. The molecule has 4 nitrogen and oxygen atoms in total. The molecule has 1 aliphatic carbocycles. The largest absolute Gasteiger partial charge is 0.389 e. The summed E-state index contributed by atoms with van der Waals surface area (Å²) in [5.41, 5.74) is 0.729. The lowest BCUT2D eigenvalue weighted by atomic mass is 10.1. The minimum Gasteiger partial charge on any atom is -0.389 e. The molecule has 0 heterocycles. The molecule has 0 aliphatic heterocycles. The molecule has 0 bridgehead atoms. The number of nitrogens with zero attached hydrogens (tertiary/aromatic N) is 1. The molecule has 0 amide bonds. The zero-order chi connectivity index (χ0) is 14.0. The molecule has 1 aromatic rings. The van der Waals surface area contributed by atoms with Crippen LogP contribution < -0.4 is 0 Å². The van der Waals surface area contributed by atoms with Crippen molar-refractivity contribution in [2.45, 2.75) is 50.2 Å². The molecule has 2 rings (SSSR count). The minimum atomic E-state index is -3.39. The van der Waals surface area contributed by atoms with Gasteiger partial charge in [0, 0.05) is 12.6 Å². The third-order valence-electron chi connectivity index (χ3n) is 3.37. The monoisotopic (exact) mass is 283 g/mol. The van der Waals surface area contributed by atoms with Crippen molar-refractivity contribution < 1.29 is 13.5 Å².